The zero-order valence-electron chi connectivity index (χ0n) is 17.2. The van der Waals surface area contributed by atoms with Crippen molar-refractivity contribution in [3.05, 3.63) is 48.3 Å². The van der Waals surface area contributed by atoms with Crippen LogP contribution in [0.3, 0.4) is 0 Å². The summed E-state index contributed by atoms with van der Waals surface area (Å²) < 4.78 is 0. The number of fused-ring (bicyclic) bond motifs is 1. The second-order valence-corrected chi connectivity index (χ2v) is 7.97. The number of likely N-dealkylation sites (tertiary alicyclic amines) is 1. The highest BCUT2D eigenvalue weighted by Gasteiger charge is 2.21. The molecule has 3 aromatic heterocycles. The third-order valence-electron chi connectivity index (χ3n) is 5.51. The summed E-state index contributed by atoms with van der Waals surface area (Å²) in [6.07, 6.45) is 2.72. The Morgan fingerprint density at radius 2 is 2.19 bits per heavy atom. The van der Waals surface area contributed by atoms with Crippen molar-refractivity contribution in [2.75, 3.05) is 25.0 Å². The van der Waals surface area contributed by atoms with E-state index in [1.807, 2.05) is 43.3 Å². The van der Waals surface area contributed by atoms with E-state index in [0.29, 0.717) is 12.5 Å². The first-order valence-corrected chi connectivity index (χ1v) is 10.3. The molecule has 1 aliphatic heterocycles. The molecule has 0 spiro atoms. The molecule has 0 saturated carbocycles. The lowest BCUT2D eigenvalue weighted by Gasteiger charge is -2.13. The van der Waals surface area contributed by atoms with Crippen molar-refractivity contribution in [3.8, 4) is 22.5 Å². The van der Waals surface area contributed by atoms with E-state index in [1.54, 1.807) is 6.20 Å². The molecule has 1 amide bonds. The van der Waals surface area contributed by atoms with Crippen LogP contribution in [-0.4, -0.2) is 61.6 Å². The van der Waals surface area contributed by atoms with Crippen molar-refractivity contribution < 1.29 is 4.79 Å². The lowest BCUT2D eigenvalue weighted by molar-refractivity contribution is -0.117. The molecule has 9 heteroatoms. The monoisotopic (exact) mass is 416 g/mol. The van der Waals surface area contributed by atoms with Gasteiger partial charge in [-0.1, -0.05) is 12.1 Å². The highest BCUT2D eigenvalue weighted by Crippen LogP contribution is 2.31. The first kappa shape index (κ1) is 19.4. The van der Waals surface area contributed by atoms with Gasteiger partial charge in [-0.2, -0.15) is 5.10 Å². The van der Waals surface area contributed by atoms with Gasteiger partial charge in [0.1, 0.15) is 0 Å². The summed E-state index contributed by atoms with van der Waals surface area (Å²) in [6, 6.07) is 12.0. The molecule has 0 aliphatic carbocycles. The average Bonchev–Trinajstić information content (AvgIpc) is 3.46. The Morgan fingerprint density at radius 3 is 3.00 bits per heavy atom. The summed E-state index contributed by atoms with van der Waals surface area (Å²) in [5.41, 5.74) is 12.1. The third-order valence-corrected chi connectivity index (χ3v) is 5.51. The molecular weight excluding hydrogens is 392 g/mol. The number of nitrogens with two attached hydrogens (primary N) is 1. The zero-order chi connectivity index (χ0) is 21.4. The minimum atomic E-state index is -0.101. The Hall–Kier alpha value is -3.56. The Morgan fingerprint density at radius 1 is 1.29 bits per heavy atom. The van der Waals surface area contributed by atoms with Gasteiger partial charge in [0.15, 0.2) is 0 Å². The zero-order valence-corrected chi connectivity index (χ0v) is 17.2. The second kappa shape index (κ2) is 7.93. The van der Waals surface area contributed by atoms with Crippen LogP contribution in [0.1, 0.15) is 12.1 Å². The van der Waals surface area contributed by atoms with Crippen LogP contribution in [0.2, 0.25) is 0 Å². The van der Waals surface area contributed by atoms with E-state index in [9.17, 15) is 4.79 Å². The minimum absolute atomic E-state index is 0.101. The molecule has 31 heavy (non-hydrogen) atoms. The SMILES string of the molecule is Cc1cccc(-c2[nH]ncc2-c2ccc3nc(NC(=O)CN4CC[C@@H](N)C4)[nH]c3c2)n1. The lowest BCUT2D eigenvalue weighted by Crippen LogP contribution is -2.33. The van der Waals surface area contributed by atoms with Crippen molar-refractivity contribution in [1.29, 1.82) is 0 Å². The molecule has 0 bridgehead atoms. The maximum absolute atomic E-state index is 12.4. The van der Waals surface area contributed by atoms with Crippen LogP contribution in [0.15, 0.2) is 42.6 Å². The van der Waals surface area contributed by atoms with E-state index < -0.39 is 0 Å². The number of hydrogen-bond donors (Lipinski definition) is 4. The molecular formula is C22H24N8O. The first-order chi connectivity index (χ1) is 15.0. The average molecular weight is 416 g/mol. The molecule has 5 rings (SSSR count). The Balaban J connectivity index is 1.37. The van der Waals surface area contributed by atoms with E-state index >= 15 is 0 Å². The van der Waals surface area contributed by atoms with Gasteiger partial charge in [-0.15, -0.1) is 0 Å². The molecule has 1 atom stereocenters. The molecule has 1 aliphatic rings. The van der Waals surface area contributed by atoms with Crippen molar-refractivity contribution >= 4 is 22.9 Å². The number of carbonyl (C=O) groups is 1. The minimum Gasteiger partial charge on any atom is -0.326 e. The van der Waals surface area contributed by atoms with Crippen LogP contribution in [0.5, 0.6) is 0 Å². The van der Waals surface area contributed by atoms with Gasteiger partial charge in [0.05, 0.1) is 35.2 Å². The number of carbonyl (C=O) groups excluding carboxylic acids is 1. The van der Waals surface area contributed by atoms with Crippen LogP contribution in [0, 0.1) is 6.92 Å². The highest BCUT2D eigenvalue weighted by atomic mass is 16.2. The molecule has 1 aromatic carbocycles. The number of benzene rings is 1. The molecule has 1 saturated heterocycles. The van der Waals surface area contributed by atoms with Gasteiger partial charge in [0, 0.05) is 30.4 Å². The fraction of sp³-hybridized carbons (Fsp3) is 0.273. The third kappa shape index (κ3) is 4.05. The number of hydrogen-bond acceptors (Lipinski definition) is 6. The number of anilines is 1. The van der Waals surface area contributed by atoms with E-state index in [2.05, 4.69) is 35.4 Å². The summed E-state index contributed by atoms with van der Waals surface area (Å²) in [4.78, 5) is 26.7. The van der Waals surface area contributed by atoms with Gasteiger partial charge < -0.3 is 10.7 Å². The quantitative estimate of drug-likeness (QED) is 0.395. The molecule has 158 valence electrons. The van der Waals surface area contributed by atoms with Crippen molar-refractivity contribution in [2.45, 2.75) is 19.4 Å². The molecule has 1 fully saturated rings. The number of nitrogens with one attached hydrogen (secondary N) is 3. The Kier molecular flexibility index (Phi) is 4.97. The van der Waals surface area contributed by atoms with E-state index in [0.717, 1.165) is 58.8 Å². The van der Waals surface area contributed by atoms with Gasteiger partial charge in [-0.25, -0.2) is 4.98 Å². The van der Waals surface area contributed by atoms with Gasteiger partial charge in [-0.3, -0.25) is 25.1 Å². The van der Waals surface area contributed by atoms with Gasteiger partial charge in [-0.05, 0) is 43.2 Å². The fourth-order valence-corrected chi connectivity index (χ4v) is 4.00. The predicted molar refractivity (Wildman–Crippen MR) is 119 cm³/mol. The summed E-state index contributed by atoms with van der Waals surface area (Å²) >= 11 is 0. The normalized spacial score (nSPS) is 16.8. The Labute approximate surface area is 179 Å². The van der Waals surface area contributed by atoms with Crippen LogP contribution < -0.4 is 11.1 Å². The molecule has 4 heterocycles. The number of pyridine rings is 1. The molecule has 4 aromatic rings. The van der Waals surface area contributed by atoms with Crippen LogP contribution in [0.25, 0.3) is 33.5 Å². The topological polar surface area (TPSA) is 129 Å². The largest absolute Gasteiger partial charge is 0.326 e. The van der Waals surface area contributed by atoms with Crippen molar-refractivity contribution in [3.63, 3.8) is 0 Å². The molecule has 0 unspecified atom stereocenters. The van der Waals surface area contributed by atoms with Gasteiger partial charge >= 0.3 is 0 Å². The number of imidazole rings is 1. The van der Waals surface area contributed by atoms with E-state index in [1.165, 1.54) is 0 Å². The number of rotatable bonds is 5. The second-order valence-electron chi connectivity index (χ2n) is 7.97. The van der Waals surface area contributed by atoms with Crippen LogP contribution in [-0.2, 0) is 4.79 Å². The standard InChI is InChI=1S/C22H24N8O/c1-13-3-2-4-18(25-13)21-16(10-24-29-21)14-5-6-17-19(9-14)27-22(26-17)28-20(31)12-30-8-7-15(23)11-30/h2-6,9-10,15H,7-8,11-12,23H2,1H3,(H,24,29)(H2,26,27,28,31)/t15-/m1/s1. The number of nitrogens with zero attached hydrogens (tertiary/aromatic N) is 4. The molecule has 9 nitrogen and oxygen atoms in total. The number of amides is 1. The molecule has 5 N–H and O–H groups in total. The van der Waals surface area contributed by atoms with Gasteiger partial charge in [0.25, 0.3) is 0 Å². The smallest absolute Gasteiger partial charge is 0.240 e. The number of aromatic amines is 2. The maximum Gasteiger partial charge on any atom is 0.240 e. The number of H-pyrrole nitrogens is 2. The lowest BCUT2D eigenvalue weighted by atomic mass is 10.0. The van der Waals surface area contributed by atoms with Crippen molar-refractivity contribution in [1.82, 2.24) is 30.0 Å². The predicted octanol–water partition coefficient (Wildman–Crippen LogP) is 2.29. The summed E-state index contributed by atoms with van der Waals surface area (Å²) in [5.74, 6) is 0.337. The van der Waals surface area contributed by atoms with Gasteiger partial charge in [0.2, 0.25) is 11.9 Å². The maximum atomic E-state index is 12.4. The summed E-state index contributed by atoms with van der Waals surface area (Å²) in [6.45, 7) is 3.88. The van der Waals surface area contributed by atoms with E-state index in [4.69, 9.17) is 5.73 Å². The highest BCUT2D eigenvalue weighted by molar-refractivity contribution is 5.93. The summed E-state index contributed by atoms with van der Waals surface area (Å²) in [5, 5.41) is 10.1. The van der Waals surface area contributed by atoms with Crippen molar-refractivity contribution in [2.24, 2.45) is 5.73 Å². The number of aromatic nitrogens is 5. The summed E-state index contributed by atoms with van der Waals surface area (Å²) in [7, 11) is 0. The number of aryl methyl sites for hydroxylation is 1. The van der Waals surface area contributed by atoms with Crippen LogP contribution >= 0.6 is 0 Å². The van der Waals surface area contributed by atoms with E-state index in [-0.39, 0.29) is 11.9 Å². The van der Waals surface area contributed by atoms with Crippen LogP contribution in [0.4, 0.5) is 5.95 Å². The fourth-order valence-electron chi connectivity index (χ4n) is 4.00. The first-order valence-electron chi connectivity index (χ1n) is 10.3. The Bertz CT molecular complexity index is 1240. The molecule has 0 radical (unpaired) electrons.